The summed E-state index contributed by atoms with van der Waals surface area (Å²) in [7, 11) is 0. The van der Waals surface area contributed by atoms with Crippen molar-refractivity contribution in [3.05, 3.63) is 0 Å². The van der Waals surface area contributed by atoms with Crippen LogP contribution in [0.3, 0.4) is 0 Å². The fraction of sp³-hybridized carbons (Fsp3) is 0.741. The van der Waals surface area contributed by atoms with Gasteiger partial charge in [0.05, 0.1) is 6.54 Å². The number of aliphatic carboxylic acids is 5. The lowest BCUT2D eigenvalue weighted by atomic mass is 10.1. The van der Waals surface area contributed by atoms with Crippen LogP contribution in [0, 0.1) is 23.2 Å². The number of carbonyl (C=O) groups excluding carboxylic acids is 1. The Morgan fingerprint density at radius 1 is 0.688 bits per heavy atom. The fourth-order valence-corrected chi connectivity index (χ4v) is 2.17. The van der Waals surface area contributed by atoms with E-state index in [2.05, 4.69) is 15.8 Å². The van der Waals surface area contributed by atoms with Gasteiger partial charge in [-0.15, -0.1) is 0 Å². The predicted molar refractivity (Wildman–Crippen MR) is 176 cm³/mol. The van der Waals surface area contributed by atoms with Crippen molar-refractivity contribution in [2.75, 3.05) is 19.7 Å². The molecule has 0 aromatic carbocycles. The average Bonchev–Trinajstić information content (AvgIpc) is 2.97. The van der Waals surface area contributed by atoms with Crippen molar-refractivity contribution in [2.45, 2.75) is 91.0 Å². The van der Waals surface area contributed by atoms with Gasteiger partial charge in [0.15, 0.2) is 5.96 Å². The third-order valence-electron chi connectivity index (χ3n) is 5.26. The molecule has 0 amide bonds. The number of rotatable bonds is 16. The molecule has 0 heterocycles. The lowest BCUT2D eigenvalue weighted by molar-refractivity contribution is -0.150. The summed E-state index contributed by atoms with van der Waals surface area (Å²) in [5, 5.41) is 50.2. The van der Waals surface area contributed by atoms with E-state index in [-0.39, 0.29) is 30.9 Å². The molecule has 21 N–H and O–H groups in total. The summed E-state index contributed by atoms with van der Waals surface area (Å²) >= 11 is 0. The number of esters is 1. The molecule has 0 saturated carbocycles. The second-order valence-electron chi connectivity index (χ2n) is 11.1. The molecule has 0 aromatic heterocycles. The molecule has 0 fully saturated rings. The van der Waals surface area contributed by atoms with Crippen molar-refractivity contribution in [3.8, 4) is 0 Å². The summed E-state index contributed by atoms with van der Waals surface area (Å²) in [6.45, 7) is 10.8. The fourth-order valence-electron chi connectivity index (χ4n) is 2.17. The van der Waals surface area contributed by atoms with Gasteiger partial charge in [-0.3, -0.25) is 34.2 Å². The molecule has 0 aromatic rings. The number of guanidine groups is 1. The molecule has 48 heavy (non-hydrogen) atoms. The number of hydrogen-bond donors (Lipinski definition) is 14. The van der Waals surface area contributed by atoms with Crippen LogP contribution in [0.25, 0.3) is 0 Å². The van der Waals surface area contributed by atoms with Crippen LogP contribution in [0.2, 0.25) is 0 Å². The highest BCUT2D eigenvalue weighted by Gasteiger charge is 2.21. The van der Waals surface area contributed by atoms with E-state index in [1.807, 2.05) is 13.8 Å². The molecule has 284 valence electrons. The second kappa shape index (κ2) is 31.4. The minimum Gasteiger partial charge on any atom is -0.480 e. The first-order chi connectivity index (χ1) is 21.8. The molecule has 0 saturated heterocycles. The summed E-state index contributed by atoms with van der Waals surface area (Å²) in [6.07, 6.45) is 1.53. The molecule has 0 aliphatic heterocycles. The summed E-state index contributed by atoms with van der Waals surface area (Å²) in [6, 6.07) is -4.16. The zero-order valence-electron chi connectivity index (χ0n) is 28.5. The van der Waals surface area contributed by atoms with Crippen LogP contribution in [0.5, 0.6) is 0 Å². The monoisotopic (exact) mass is 701 g/mol. The van der Waals surface area contributed by atoms with Crippen LogP contribution in [0.4, 0.5) is 0 Å². The van der Waals surface area contributed by atoms with Gasteiger partial charge in [0, 0.05) is 6.54 Å². The van der Waals surface area contributed by atoms with Crippen molar-refractivity contribution in [1.29, 1.82) is 5.41 Å². The van der Waals surface area contributed by atoms with Crippen LogP contribution in [0.15, 0.2) is 0 Å². The lowest BCUT2D eigenvalue weighted by Crippen LogP contribution is -2.41. The van der Waals surface area contributed by atoms with Gasteiger partial charge < -0.3 is 75.7 Å². The molecule has 5 atom stereocenters. The molecule has 21 heteroatoms. The highest BCUT2D eigenvalue weighted by molar-refractivity contribution is 5.77. The normalized spacial score (nSPS) is 13.1. The van der Waals surface area contributed by atoms with Gasteiger partial charge >= 0.3 is 35.8 Å². The largest absolute Gasteiger partial charge is 0.480 e. The molecule has 0 spiro atoms. The van der Waals surface area contributed by atoms with Crippen LogP contribution in [0.1, 0.15) is 60.8 Å². The Labute approximate surface area is 280 Å². The van der Waals surface area contributed by atoms with Gasteiger partial charge in [-0.1, -0.05) is 41.5 Å². The number of nitrogens with one attached hydrogen (secondary N) is 2. The summed E-state index contributed by atoms with van der Waals surface area (Å²) in [5.41, 5.74) is 35.7. The van der Waals surface area contributed by atoms with Crippen LogP contribution in [-0.2, 0) is 33.5 Å². The average molecular weight is 702 g/mol. The van der Waals surface area contributed by atoms with Crippen molar-refractivity contribution < 1.29 is 59.0 Å². The molecule has 0 bridgehead atoms. The van der Waals surface area contributed by atoms with Crippen molar-refractivity contribution >= 4 is 41.8 Å². The van der Waals surface area contributed by atoms with Crippen LogP contribution >= 0.6 is 0 Å². The van der Waals surface area contributed by atoms with E-state index in [1.54, 1.807) is 27.7 Å². The van der Waals surface area contributed by atoms with Crippen molar-refractivity contribution in [1.82, 2.24) is 5.32 Å². The third-order valence-corrected chi connectivity index (χ3v) is 5.26. The van der Waals surface area contributed by atoms with E-state index in [1.165, 1.54) is 0 Å². The lowest BCUT2D eigenvalue weighted by Gasteiger charge is -2.15. The maximum atomic E-state index is 11.1. The smallest absolute Gasteiger partial charge is 0.324 e. The molecule has 0 aliphatic carbocycles. The van der Waals surface area contributed by atoms with E-state index in [4.69, 9.17) is 65.3 Å². The van der Waals surface area contributed by atoms with E-state index in [9.17, 15) is 28.8 Å². The highest BCUT2D eigenvalue weighted by atomic mass is 16.5. The highest BCUT2D eigenvalue weighted by Crippen LogP contribution is 2.02. The first kappa shape index (κ1) is 53.3. The van der Waals surface area contributed by atoms with Gasteiger partial charge in [0.2, 0.25) is 0 Å². The van der Waals surface area contributed by atoms with Crippen molar-refractivity contribution in [3.63, 3.8) is 0 Å². The summed E-state index contributed by atoms with van der Waals surface area (Å²) in [4.78, 5) is 61.0. The molecule has 0 rings (SSSR count). The van der Waals surface area contributed by atoms with Gasteiger partial charge in [-0.05, 0) is 37.0 Å². The Morgan fingerprint density at radius 2 is 1.08 bits per heavy atom. The minimum atomic E-state index is -1.21. The Bertz CT molecular complexity index is 953. The number of carboxylic acid groups (broad SMARTS) is 5. The maximum Gasteiger partial charge on any atom is 0.324 e. The first-order valence-corrected chi connectivity index (χ1v) is 14.6. The van der Waals surface area contributed by atoms with Crippen molar-refractivity contribution in [2.24, 2.45) is 57.9 Å². The zero-order chi connectivity index (χ0) is 39.3. The minimum absolute atomic E-state index is 0.0208. The van der Waals surface area contributed by atoms with Crippen LogP contribution < -0.4 is 45.5 Å². The first-order valence-electron chi connectivity index (χ1n) is 14.6. The Kier molecular flexibility index (Phi) is 35.0. The maximum absolute atomic E-state index is 11.1. The van der Waals surface area contributed by atoms with Gasteiger partial charge in [0.1, 0.15) is 36.8 Å². The van der Waals surface area contributed by atoms with Gasteiger partial charge in [0.25, 0.3) is 0 Å². The Balaban J connectivity index is -0.000000166. The predicted octanol–water partition coefficient (Wildman–Crippen LogP) is -2.89. The standard InChI is InChI=1S/C8H16N2O4.C6H14N4O2.C6H13NO2.C5H11NO2.C2H5NO2/c1-4(2)6(10)8(13)14-3-5(9)7(11)12;7-4(5(11)12)2-1-3-10-6(8)9;1-4(2)3-5(7)6(8)9;1-3(2)4(6)5(7)8;3-1-2(4)5/h4-6H,3,9-10H2,1-2H3,(H,11,12);4H,1-3,7H2,(H,11,12)(H4,8,9,10);4-5H,3,7H2,1-2H3,(H,8,9);3-4H,6H2,1-2H3,(H,7,8);1,3H2,(H,4,5)/t5-,6-;4-;5-;4-;/m0000./s1. The Morgan fingerprint density at radius 3 is 1.31 bits per heavy atom. The Hall–Kier alpha value is -4.15. The molecule has 0 radical (unpaired) electrons. The molecule has 21 nitrogen and oxygen atoms in total. The molecule has 0 unspecified atom stereocenters. The van der Waals surface area contributed by atoms with Gasteiger partial charge in [-0.2, -0.15) is 0 Å². The second-order valence-corrected chi connectivity index (χ2v) is 11.1. The van der Waals surface area contributed by atoms with Crippen LogP contribution in [-0.4, -0.2) is 117 Å². The van der Waals surface area contributed by atoms with E-state index < -0.39 is 66.0 Å². The number of hydrogen-bond acceptors (Lipinski definition) is 14. The zero-order valence-corrected chi connectivity index (χ0v) is 28.5. The molecule has 0 aliphatic rings. The quantitative estimate of drug-likeness (QED) is 0.0332. The van der Waals surface area contributed by atoms with E-state index in [0.717, 1.165) is 0 Å². The number of carboxylic acids is 5. The summed E-state index contributed by atoms with van der Waals surface area (Å²) in [5.74, 6) is -5.44. The summed E-state index contributed by atoms with van der Waals surface area (Å²) < 4.78 is 4.62. The SMILES string of the molecule is CC(C)C[C@H](N)C(=O)O.CC(C)[C@H](N)C(=O)O.CC(C)[C@H](N)C(=O)OC[C@H](N)C(=O)O.N=C(N)NCCC[C@H](N)C(=O)O.NCC(=O)O. The van der Waals surface area contributed by atoms with E-state index in [0.29, 0.717) is 31.7 Å². The third kappa shape index (κ3) is 39.9. The number of ether oxygens (including phenoxy) is 1. The van der Waals surface area contributed by atoms with E-state index >= 15 is 0 Å². The van der Waals surface area contributed by atoms with Gasteiger partial charge in [-0.25, -0.2) is 0 Å². The number of nitrogens with two attached hydrogens (primary N) is 7. The number of carbonyl (C=O) groups is 6. The molecular formula is C27H59N9O12. The topological polar surface area (TPSA) is 431 Å². The molecular weight excluding hydrogens is 642 g/mol.